The molecular weight excluding hydrogens is 704 g/mol. The molecule has 0 bridgehead atoms. The van der Waals surface area contributed by atoms with E-state index in [1.165, 1.54) is 17.0 Å². The van der Waals surface area contributed by atoms with E-state index in [9.17, 15) is 27.6 Å². The van der Waals surface area contributed by atoms with Crippen molar-refractivity contribution in [3.05, 3.63) is 105 Å². The van der Waals surface area contributed by atoms with Gasteiger partial charge in [-0.2, -0.15) is 13.2 Å². The van der Waals surface area contributed by atoms with Gasteiger partial charge < -0.3 is 19.9 Å². The number of rotatable bonds is 13. The number of nitrogens with two attached hydrogens (primary N) is 1. The van der Waals surface area contributed by atoms with Crippen LogP contribution in [-0.2, 0) is 36.6 Å². The van der Waals surface area contributed by atoms with Crippen LogP contribution in [0, 0.1) is 12.7 Å². The summed E-state index contributed by atoms with van der Waals surface area (Å²) in [6, 6.07) is 17.7. The largest absolute Gasteiger partial charge is 0.463 e. The monoisotopic (exact) mass is 748 g/mol. The third-order valence-electron chi connectivity index (χ3n) is 8.78. The van der Waals surface area contributed by atoms with E-state index < -0.39 is 66.6 Å². The van der Waals surface area contributed by atoms with E-state index in [0.29, 0.717) is 16.1 Å². The fourth-order valence-electron chi connectivity index (χ4n) is 6.04. The average Bonchev–Trinajstić information content (AvgIpc) is 3.07. The van der Waals surface area contributed by atoms with Gasteiger partial charge in [-0.15, -0.1) is 0 Å². The molecule has 1 heterocycles. The Labute approximate surface area is 306 Å². The van der Waals surface area contributed by atoms with Crippen LogP contribution in [0.4, 0.5) is 22.4 Å². The van der Waals surface area contributed by atoms with Crippen molar-refractivity contribution in [2.45, 2.75) is 95.7 Å². The number of aryl methyl sites for hydroxylation is 1. The Hall–Kier alpha value is -4.00. The first kappa shape index (κ1) is 40.8. The van der Waals surface area contributed by atoms with E-state index in [0.717, 1.165) is 16.7 Å². The lowest BCUT2D eigenvalue weighted by Crippen LogP contribution is -2.55. The van der Waals surface area contributed by atoms with Gasteiger partial charge in [-0.3, -0.25) is 14.5 Å². The van der Waals surface area contributed by atoms with Gasteiger partial charge in [0.2, 0.25) is 0 Å². The molecule has 0 radical (unpaired) electrons. The van der Waals surface area contributed by atoms with Gasteiger partial charge in [-0.25, -0.2) is 9.18 Å². The van der Waals surface area contributed by atoms with Crippen LogP contribution in [0.25, 0.3) is 0 Å². The van der Waals surface area contributed by atoms with Crippen LogP contribution in [0.15, 0.2) is 66.7 Å². The first-order valence-corrected chi connectivity index (χ1v) is 17.5. The Morgan fingerprint density at radius 3 is 2.38 bits per heavy atom. The quantitative estimate of drug-likeness (QED) is 0.140. The third-order valence-corrected chi connectivity index (χ3v) is 9.19. The van der Waals surface area contributed by atoms with Crippen molar-refractivity contribution < 1.29 is 46.2 Å². The molecule has 3 aromatic rings. The van der Waals surface area contributed by atoms with Crippen molar-refractivity contribution in [1.29, 1.82) is 0 Å². The van der Waals surface area contributed by atoms with E-state index >= 15 is 4.39 Å². The first-order valence-electron chi connectivity index (χ1n) is 17.1. The molecule has 0 aliphatic carbocycles. The maximum absolute atomic E-state index is 15.4. The summed E-state index contributed by atoms with van der Waals surface area (Å²) >= 11 is 6.45. The van der Waals surface area contributed by atoms with Crippen molar-refractivity contribution in [3.8, 4) is 0 Å². The van der Waals surface area contributed by atoms with E-state index in [4.69, 9.17) is 31.5 Å². The van der Waals surface area contributed by atoms with Crippen LogP contribution in [-0.4, -0.2) is 72.5 Å². The summed E-state index contributed by atoms with van der Waals surface area (Å²) < 4.78 is 69.6. The fourth-order valence-corrected chi connectivity index (χ4v) is 6.22. The van der Waals surface area contributed by atoms with Gasteiger partial charge in [0, 0.05) is 17.4 Å². The highest BCUT2D eigenvalue weighted by Crippen LogP contribution is 2.32. The maximum atomic E-state index is 15.4. The summed E-state index contributed by atoms with van der Waals surface area (Å²) in [5.41, 5.74) is 9.10. The molecule has 52 heavy (non-hydrogen) atoms. The zero-order valence-electron chi connectivity index (χ0n) is 29.7. The second-order valence-electron chi connectivity index (χ2n) is 14.0. The van der Waals surface area contributed by atoms with Crippen LogP contribution >= 0.6 is 11.6 Å². The number of amides is 1. The van der Waals surface area contributed by atoms with Gasteiger partial charge in [-0.1, -0.05) is 66.2 Å². The molecule has 13 heteroatoms. The van der Waals surface area contributed by atoms with Crippen LogP contribution in [0.1, 0.15) is 73.8 Å². The zero-order valence-corrected chi connectivity index (χ0v) is 30.4. The molecule has 282 valence electrons. The molecule has 1 amide bonds. The van der Waals surface area contributed by atoms with Crippen LogP contribution < -0.4 is 5.73 Å². The van der Waals surface area contributed by atoms with Crippen molar-refractivity contribution in [2.75, 3.05) is 19.8 Å². The minimum absolute atomic E-state index is 0.00879. The predicted octanol–water partition coefficient (Wildman–Crippen LogP) is 7.88. The molecule has 0 unspecified atom stereocenters. The molecule has 1 aliphatic heterocycles. The molecule has 2 N–H and O–H groups in total. The lowest BCUT2D eigenvalue weighted by Gasteiger charge is -2.40. The number of carbonyl (C=O) groups is 3. The minimum atomic E-state index is -4.51. The lowest BCUT2D eigenvalue weighted by atomic mass is 9.81. The highest BCUT2D eigenvalue weighted by atomic mass is 35.5. The van der Waals surface area contributed by atoms with Crippen LogP contribution in [0.2, 0.25) is 5.02 Å². The topological polar surface area (TPSA) is 108 Å². The highest BCUT2D eigenvalue weighted by molar-refractivity contribution is 6.31. The molecule has 4 atom stereocenters. The zero-order chi connectivity index (χ0) is 38.2. The standard InChI is InChI=1S/C39H45ClF4N2O6/c1-24-13-14-27(19-31(24)40)35(25-9-6-5-7-10-25)36(45)33(47)20-26-11-8-12-32(41)30(26)16-15-29-21-46(37(49)52-38(2,3)4)28(22-50-29)23-51-34(48)17-18-39(42,43)44/h5-14,19,28-29,35-36H,15-18,20-23,45H2,1-4H3/t28-,29+,35+,36+/m0/s1. The number of hydrogen-bond donors (Lipinski definition) is 1. The molecule has 0 spiro atoms. The molecule has 0 aromatic heterocycles. The molecule has 3 aromatic carbocycles. The van der Waals surface area contributed by atoms with Gasteiger partial charge in [0.1, 0.15) is 18.0 Å². The van der Waals surface area contributed by atoms with E-state index in [-0.39, 0.29) is 44.8 Å². The summed E-state index contributed by atoms with van der Waals surface area (Å²) in [5.74, 6) is -2.36. The molecule has 1 fully saturated rings. The van der Waals surface area contributed by atoms with Crippen molar-refractivity contribution in [3.63, 3.8) is 0 Å². The molecule has 4 rings (SSSR count). The Morgan fingerprint density at radius 2 is 1.73 bits per heavy atom. The van der Waals surface area contributed by atoms with Crippen LogP contribution in [0.3, 0.4) is 0 Å². The number of morpholine rings is 1. The van der Waals surface area contributed by atoms with Gasteiger partial charge in [-0.05, 0) is 80.5 Å². The van der Waals surface area contributed by atoms with Crippen molar-refractivity contribution in [1.82, 2.24) is 4.90 Å². The number of carbonyl (C=O) groups excluding carboxylic acids is 3. The Kier molecular flexibility index (Phi) is 13.9. The van der Waals surface area contributed by atoms with Gasteiger partial charge >= 0.3 is 18.2 Å². The summed E-state index contributed by atoms with van der Waals surface area (Å²) in [4.78, 5) is 40.3. The predicted molar refractivity (Wildman–Crippen MR) is 189 cm³/mol. The number of alkyl halides is 3. The number of ether oxygens (including phenoxy) is 3. The number of ketones is 1. The van der Waals surface area contributed by atoms with E-state index in [2.05, 4.69) is 0 Å². The number of hydrogen-bond acceptors (Lipinski definition) is 7. The summed E-state index contributed by atoms with van der Waals surface area (Å²) in [5, 5.41) is 0.550. The number of esters is 1. The van der Waals surface area contributed by atoms with E-state index in [1.807, 2.05) is 55.5 Å². The summed E-state index contributed by atoms with van der Waals surface area (Å²) in [6.07, 6.45) is -7.72. The lowest BCUT2D eigenvalue weighted by molar-refractivity contribution is -0.160. The molecule has 1 aliphatic rings. The van der Waals surface area contributed by atoms with Gasteiger partial charge in [0.05, 0.1) is 44.2 Å². The fraction of sp³-hybridized carbons (Fsp3) is 0.462. The van der Waals surface area contributed by atoms with Crippen molar-refractivity contribution in [2.24, 2.45) is 5.73 Å². The third kappa shape index (κ3) is 11.8. The molecule has 0 saturated carbocycles. The molecular formula is C39H45ClF4N2O6. The average molecular weight is 749 g/mol. The molecule has 1 saturated heterocycles. The highest BCUT2D eigenvalue weighted by Gasteiger charge is 2.37. The Morgan fingerprint density at radius 1 is 1.02 bits per heavy atom. The number of nitrogens with zero attached hydrogens (tertiary/aromatic N) is 1. The normalized spacial score (nSPS) is 17.7. The number of halogens is 5. The second kappa shape index (κ2) is 17.7. The van der Waals surface area contributed by atoms with Gasteiger partial charge in [0.15, 0.2) is 5.78 Å². The van der Waals surface area contributed by atoms with Crippen molar-refractivity contribution >= 4 is 29.4 Å². The number of benzene rings is 3. The second-order valence-corrected chi connectivity index (χ2v) is 14.4. The summed E-state index contributed by atoms with van der Waals surface area (Å²) in [7, 11) is 0. The smallest absolute Gasteiger partial charge is 0.410 e. The minimum Gasteiger partial charge on any atom is -0.463 e. The Balaban J connectivity index is 1.47. The van der Waals surface area contributed by atoms with E-state index in [1.54, 1.807) is 26.8 Å². The first-order chi connectivity index (χ1) is 24.4. The van der Waals surface area contributed by atoms with Crippen LogP contribution in [0.5, 0.6) is 0 Å². The summed E-state index contributed by atoms with van der Waals surface area (Å²) in [6.45, 7) is 6.43. The number of Topliss-reactive ketones (excluding diaryl/α,β-unsaturated/α-hetero) is 1. The van der Waals surface area contributed by atoms with Gasteiger partial charge in [0.25, 0.3) is 0 Å². The Bertz CT molecular complexity index is 1700. The maximum Gasteiger partial charge on any atom is 0.410 e. The molecule has 8 nitrogen and oxygen atoms in total. The SMILES string of the molecule is Cc1ccc([C@@H](c2ccccc2)[C@H](N)C(=O)Cc2cccc(F)c2CC[C@@H]2CN(C(=O)OC(C)(C)C)[C@H](COC(=O)CCC(F)(F)F)CO2)cc1Cl.